The third kappa shape index (κ3) is 4.24. The second-order valence-electron chi connectivity index (χ2n) is 4.77. The maximum Gasteiger partial charge on any atom is 0.417 e. The van der Waals surface area contributed by atoms with Crippen molar-refractivity contribution in [3.63, 3.8) is 0 Å². The number of hydrogen-bond donors (Lipinski definition) is 1. The number of aromatic nitrogens is 3. The van der Waals surface area contributed by atoms with Gasteiger partial charge in [0, 0.05) is 26.5 Å². The Labute approximate surface area is 140 Å². The number of ether oxygens (including phenoxy) is 1. The minimum atomic E-state index is -4.50. The van der Waals surface area contributed by atoms with E-state index in [9.17, 15) is 18.0 Å². The zero-order valence-corrected chi connectivity index (χ0v) is 13.4. The summed E-state index contributed by atoms with van der Waals surface area (Å²) >= 11 is 5.99. The van der Waals surface area contributed by atoms with Gasteiger partial charge in [-0.25, -0.2) is 4.98 Å². The highest BCUT2D eigenvalue weighted by Gasteiger charge is 2.30. The molecule has 2 rings (SSSR count). The molecule has 2 aromatic rings. The van der Waals surface area contributed by atoms with Crippen LogP contribution in [-0.4, -0.2) is 35.0 Å². The molecule has 2 aromatic heterocycles. The summed E-state index contributed by atoms with van der Waals surface area (Å²) in [5, 5.41) is 6.70. The molecule has 0 unspecified atom stereocenters. The minimum Gasteiger partial charge on any atom is -0.385 e. The van der Waals surface area contributed by atoms with E-state index in [1.54, 1.807) is 7.11 Å². The van der Waals surface area contributed by atoms with E-state index < -0.39 is 17.3 Å². The lowest BCUT2D eigenvalue weighted by molar-refractivity contribution is -0.137. The van der Waals surface area contributed by atoms with Gasteiger partial charge in [-0.3, -0.25) is 4.79 Å². The number of halogens is 4. The summed E-state index contributed by atoms with van der Waals surface area (Å²) in [4.78, 5) is 15.8. The fourth-order valence-corrected chi connectivity index (χ4v) is 2.03. The van der Waals surface area contributed by atoms with Crippen LogP contribution in [0.1, 0.15) is 12.0 Å². The van der Waals surface area contributed by atoms with Gasteiger partial charge in [0.05, 0.1) is 17.4 Å². The van der Waals surface area contributed by atoms with Crippen molar-refractivity contribution in [3.8, 4) is 5.82 Å². The standard InChI is InChI=1S/C14H14ClF3N4O2/c1-24-6-2-5-19-10-8-21-22(13(23)12(10)15)11-4-3-9(7-20-11)14(16,17)18/h3-4,7-8,19H,2,5-6H2,1H3. The molecule has 0 aliphatic carbocycles. The van der Waals surface area contributed by atoms with Crippen LogP contribution in [0.2, 0.25) is 5.02 Å². The number of nitrogens with zero attached hydrogens (tertiary/aromatic N) is 3. The number of rotatable bonds is 6. The van der Waals surface area contributed by atoms with Crippen molar-refractivity contribution in [3.05, 3.63) is 45.5 Å². The summed E-state index contributed by atoms with van der Waals surface area (Å²) in [6, 6.07) is 1.88. The SMILES string of the molecule is COCCCNc1cnn(-c2ccc(C(F)(F)F)cn2)c(=O)c1Cl. The fraction of sp³-hybridized carbons (Fsp3) is 0.357. The summed E-state index contributed by atoms with van der Waals surface area (Å²) < 4.78 is 43.3. The Morgan fingerprint density at radius 1 is 1.33 bits per heavy atom. The zero-order valence-electron chi connectivity index (χ0n) is 12.6. The molecular formula is C14H14ClF3N4O2. The molecule has 0 spiro atoms. The van der Waals surface area contributed by atoms with Crippen LogP contribution in [0.3, 0.4) is 0 Å². The molecule has 130 valence electrons. The van der Waals surface area contributed by atoms with Gasteiger partial charge < -0.3 is 10.1 Å². The van der Waals surface area contributed by atoms with Crippen LogP contribution >= 0.6 is 11.6 Å². The second kappa shape index (κ2) is 7.63. The van der Waals surface area contributed by atoms with Crippen LogP contribution in [0.25, 0.3) is 5.82 Å². The van der Waals surface area contributed by atoms with Crippen molar-refractivity contribution in [2.45, 2.75) is 12.6 Å². The highest BCUT2D eigenvalue weighted by Crippen LogP contribution is 2.28. The van der Waals surface area contributed by atoms with Crippen molar-refractivity contribution in [1.29, 1.82) is 0 Å². The number of pyridine rings is 1. The molecule has 24 heavy (non-hydrogen) atoms. The Morgan fingerprint density at radius 2 is 2.08 bits per heavy atom. The van der Waals surface area contributed by atoms with E-state index in [4.69, 9.17) is 16.3 Å². The van der Waals surface area contributed by atoms with Crippen LogP contribution in [0.15, 0.2) is 29.3 Å². The molecule has 6 nitrogen and oxygen atoms in total. The zero-order chi connectivity index (χ0) is 17.7. The molecule has 1 N–H and O–H groups in total. The summed E-state index contributed by atoms with van der Waals surface area (Å²) in [6.45, 7) is 1.07. The molecule has 0 aliphatic rings. The number of methoxy groups -OCH3 is 1. The van der Waals surface area contributed by atoms with Crippen molar-refractivity contribution >= 4 is 17.3 Å². The van der Waals surface area contributed by atoms with Gasteiger partial charge in [-0.15, -0.1) is 0 Å². The number of anilines is 1. The Hall–Kier alpha value is -2.13. The molecule has 0 radical (unpaired) electrons. The van der Waals surface area contributed by atoms with Crippen LogP contribution < -0.4 is 10.9 Å². The van der Waals surface area contributed by atoms with Gasteiger partial charge in [-0.2, -0.15) is 23.0 Å². The Morgan fingerprint density at radius 3 is 2.67 bits per heavy atom. The van der Waals surface area contributed by atoms with Crippen LogP contribution in [0.5, 0.6) is 0 Å². The van der Waals surface area contributed by atoms with E-state index in [1.165, 1.54) is 6.20 Å². The second-order valence-corrected chi connectivity index (χ2v) is 5.14. The third-order valence-corrected chi connectivity index (χ3v) is 3.42. The minimum absolute atomic E-state index is 0.0548. The van der Waals surface area contributed by atoms with Crippen molar-refractivity contribution in [2.75, 3.05) is 25.6 Å². The predicted molar refractivity (Wildman–Crippen MR) is 82.6 cm³/mol. The highest BCUT2D eigenvalue weighted by atomic mass is 35.5. The molecule has 0 aromatic carbocycles. The topological polar surface area (TPSA) is 69.0 Å². The molecule has 0 saturated heterocycles. The average molecular weight is 363 g/mol. The first-order chi connectivity index (χ1) is 11.3. The predicted octanol–water partition coefficient (Wildman–Crippen LogP) is 2.75. The van der Waals surface area contributed by atoms with Gasteiger partial charge in [-0.1, -0.05) is 11.6 Å². The average Bonchev–Trinajstić information content (AvgIpc) is 2.55. The monoisotopic (exact) mass is 362 g/mol. The van der Waals surface area contributed by atoms with Crippen LogP contribution in [-0.2, 0) is 10.9 Å². The van der Waals surface area contributed by atoms with E-state index in [0.717, 1.165) is 16.8 Å². The van der Waals surface area contributed by atoms with Gasteiger partial charge in [0.15, 0.2) is 5.82 Å². The normalized spacial score (nSPS) is 11.5. The van der Waals surface area contributed by atoms with Crippen molar-refractivity contribution in [2.24, 2.45) is 0 Å². The van der Waals surface area contributed by atoms with E-state index in [-0.39, 0.29) is 10.8 Å². The highest BCUT2D eigenvalue weighted by molar-refractivity contribution is 6.32. The van der Waals surface area contributed by atoms with Gasteiger partial charge in [-0.05, 0) is 18.6 Å². The Bertz CT molecular complexity index is 747. The van der Waals surface area contributed by atoms with Gasteiger partial charge in [0.2, 0.25) is 0 Å². The molecule has 0 fully saturated rings. The first-order valence-electron chi connectivity index (χ1n) is 6.89. The van der Waals surface area contributed by atoms with E-state index in [2.05, 4.69) is 15.4 Å². The molecular weight excluding hydrogens is 349 g/mol. The largest absolute Gasteiger partial charge is 0.417 e. The maximum absolute atomic E-state index is 12.5. The van der Waals surface area contributed by atoms with Crippen molar-refractivity contribution in [1.82, 2.24) is 14.8 Å². The van der Waals surface area contributed by atoms with E-state index >= 15 is 0 Å². The van der Waals surface area contributed by atoms with Crippen LogP contribution in [0.4, 0.5) is 18.9 Å². The Kier molecular flexibility index (Phi) is 5.79. The molecule has 10 heteroatoms. The van der Waals surface area contributed by atoms with Crippen molar-refractivity contribution < 1.29 is 17.9 Å². The van der Waals surface area contributed by atoms with Gasteiger partial charge >= 0.3 is 6.18 Å². The number of hydrogen-bond acceptors (Lipinski definition) is 5. The maximum atomic E-state index is 12.5. The number of alkyl halides is 3. The smallest absolute Gasteiger partial charge is 0.385 e. The first kappa shape index (κ1) is 18.2. The summed E-state index contributed by atoms with van der Waals surface area (Å²) in [6.07, 6.45) is -1.85. The van der Waals surface area contributed by atoms with Gasteiger partial charge in [0.1, 0.15) is 5.02 Å². The number of nitrogens with one attached hydrogen (secondary N) is 1. The molecule has 0 saturated carbocycles. The van der Waals surface area contributed by atoms with Gasteiger partial charge in [0.25, 0.3) is 5.56 Å². The molecule has 0 amide bonds. The lowest BCUT2D eigenvalue weighted by Crippen LogP contribution is -2.24. The summed E-state index contributed by atoms with van der Waals surface area (Å²) in [5.74, 6) is -0.0548. The molecule has 2 heterocycles. The third-order valence-electron chi connectivity index (χ3n) is 3.05. The first-order valence-corrected chi connectivity index (χ1v) is 7.26. The summed E-state index contributed by atoms with van der Waals surface area (Å²) in [7, 11) is 1.58. The van der Waals surface area contributed by atoms with E-state index in [1.807, 2.05) is 0 Å². The molecule has 0 atom stereocenters. The summed E-state index contributed by atoms with van der Waals surface area (Å²) in [5.41, 5.74) is -1.26. The lowest BCUT2D eigenvalue weighted by atomic mass is 10.3. The van der Waals surface area contributed by atoms with E-state index in [0.29, 0.717) is 31.5 Å². The molecule has 0 bridgehead atoms. The van der Waals surface area contributed by atoms with Crippen LogP contribution in [0, 0.1) is 0 Å². The molecule has 0 aliphatic heterocycles. The fourth-order valence-electron chi connectivity index (χ4n) is 1.84. The Balaban J connectivity index is 2.23. The lowest BCUT2D eigenvalue weighted by Gasteiger charge is -2.10. The quantitative estimate of drug-likeness (QED) is 0.800.